The highest BCUT2D eigenvalue weighted by molar-refractivity contribution is 7.09. The summed E-state index contributed by atoms with van der Waals surface area (Å²) in [4.78, 5) is 5.38. The molecular formula is C11H9N3S. The summed E-state index contributed by atoms with van der Waals surface area (Å²) in [5, 5.41) is 13.9. The van der Waals surface area contributed by atoms with Crippen molar-refractivity contribution >= 4 is 17.2 Å². The molecule has 0 aliphatic rings. The summed E-state index contributed by atoms with van der Waals surface area (Å²) >= 11 is 1.70. The number of hydrogen-bond donors (Lipinski definition) is 1. The average molecular weight is 215 g/mol. The molecule has 3 nitrogen and oxygen atoms in total. The Morgan fingerprint density at radius 1 is 1.47 bits per heavy atom. The Morgan fingerprint density at radius 3 is 3.13 bits per heavy atom. The summed E-state index contributed by atoms with van der Waals surface area (Å²) in [5.41, 5.74) is 0.624. The first-order chi connectivity index (χ1) is 7.38. The van der Waals surface area contributed by atoms with Crippen LogP contribution in [0.15, 0.2) is 35.8 Å². The van der Waals surface area contributed by atoms with Crippen molar-refractivity contribution in [1.29, 1.82) is 5.26 Å². The van der Waals surface area contributed by atoms with Gasteiger partial charge in [-0.1, -0.05) is 6.07 Å². The molecule has 0 bridgehead atoms. The SMILES string of the molecule is N#Cc1ccnc(NCc2cccs2)c1. The Labute approximate surface area is 92.0 Å². The largest absolute Gasteiger partial charge is 0.365 e. The zero-order chi connectivity index (χ0) is 10.5. The van der Waals surface area contributed by atoms with Crippen molar-refractivity contribution in [2.24, 2.45) is 0 Å². The van der Waals surface area contributed by atoms with E-state index in [4.69, 9.17) is 5.26 Å². The van der Waals surface area contributed by atoms with Gasteiger partial charge in [0.1, 0.15) is 5.82 Å². The average Bonchev–Trinajstić information content (AvgIpc) is 2.79. The Bertz CT molecular complexity index is 471. The van der Waals surface area contributed by atoms with E-state index in [1.165, 1.54) is 4.88 Å². The highest BCUT2D eigenvalue weighted by Crippen LogP contribution is 2.11. The van der Waals surface area contributed by atoms with E-state index in [1.807, 2.05) is 11.4 Å². The van der Waals surface area contributed by atoms with Crippen LogP contribution in [0.4, 0.5) is 5.82 Å². The van der Waals surface area contributed by atoms with Crippen LogP contribution in [0.1, 0.15) is 10.4 Å². The summed E-state index contributed by atoms with van der Waals surface area (Å²) in [6.45, 7) is 0.750. The predicted octanol–water partition coefficient (Wildman–Crippen LogP) is 2.63. The topological polar surface area (TPSA) is 48.7 Å². The van der Waals surface area contributed by atoms with Crippen molar-refractivity contribution in [3.05, 3.63) is 46.3 Å². The summed E-state index contributed by atoms with van der Waals surface area (Å²) in [6, 6.07) is 9.59. The van der Waals surface area contributed by atoms with Crippen LogP contribution < -0.4 is 5.32 Å². The third-order valence-electron chi connectivity index (χ3n) is 1.91. The second-order valence-corrected chi connectivity index (χ2v) is 4.01. The minimum atomic E-state index is 0.624. The lowest BCUT2D eigenvalue weighted by Crippen LogP contribution is -1.99. The summed E-state index contributed by atoms with van der Waals surface area (Å²) in [5.74, 6) is 0.738. The molecule has 0 amide bonds. The van der Waals surface area contributed by atoms with Gasteiger partial charge in [0.2, 0.25) is 0 Å². The fourth-order valence-electron chi connectivity index (χ4n) is 1.19. The van der Waals surface area contributed by atoms with Crippen LogP contribution >= 0.6 is 11.3 Å². The third kappa shape index (κ3) is 2.55. The highest BCUT2D eigenvalue weighted by atomic mass is 32.1. The number of nitriles is 1. The van der Waals surface area contributed by atoms with Crippen molar-refractivity contribution in [2.45, 2.75) is 6.54 Å². The van der Waals surface area contributed by atoms with E-state index in [0.717, 1.165) is 12.4 Å². The van der Waals surface area contributed by atoms with Gasteiger partial charge in [0.15, 0.2) is 0 Å². The Kier molecular flexibility index (Phi) is 2.96. The first-order valence-electron chi connectivity index (χ1n) is 4.51. The van der Waals surface area contributed by atoms with Crippen molar-refractivity contribution in [2.75, 3.05) is 5.32 Å². The number of nitrogens with zero attached hydrogens (tertiary/aromatic N) is 2. The van der Waals surface area contributed by atoms with E-state index in [9.17, 15) is 0 Å². The molecular weight excluding hydrogens is 206 g/mol. The molecule has 0 saturated carbocycles. The van der Waals surface area contributed by atoms with Crippen LogP contribution in [0.25, 0.3) is 0 Å². The minimum Gasteiger partial charge on any atom is -0.365 e. The van der Waals surface area contributed by atoms with Crippen LogP contribution in [-0.4, -0.2) is 4.98 Å². The quantitative estimate of drug-likeness (QED) is 0.856. The maximum atomic E-state index is 8.71. The second-order valence-electron chi connectivity index (χ2n) is 2.97. The van der Waals surface area contributed by atoms with Crippen molar-refractivity contribution in [1.82, 2.24) is 4.98 Å². The van der Waals surface area contributed by atoms with Crippen LogP contribution in [0, 0.1) is 11.3 Å². The van der Waals surface area contributed by atoms with Gasteiger partial charge in [0, 0.05) is 11.1 Å². The van der Waals surface area contributed by atoms with Crippen LogP contribution in [0.2, 0.25) is 0 Å². The van der Waals surface area contributed by atoms with E-state index >= 15 is 0 Å². The lowest BCUT2D eigenvalue weighted by Gasteiger charge is -2.03. The molecule has 0 aliphatic carbocycles. The molecule has 0 radical (unpaired) electrons. The van der Waals surface area contributed by atoms with E-state index in [2.05, 4.69) is 22.4 Å². The molecule has 0 unspecified atom stereocenters. The number of pyridine rings is 1. The normalized spacial score (nSPS) is 9.53. The molecule has 15 heavy (non-hydrogen) atoms. The van der Waals surface area contributed by atoms with Gasteiger partial charge in [-0.2, -0.15) is 5.26 Å². The molecule has 2 heterocycles. The van der Waals surface area contributed by atoms with Gasteiger partial charge < -0.3 is 5.32 Å². The fraction of sp³-hybridized carbons (Fsp3) is 0.0909. The van der Waals surface area contributed by atoms with Crippen LogP contribution in [-0.2, 0) is 6.54 Å². The lowest BCUT2D eigenvalue weighted by atomic mass is 10.3. The fourth-order valence-corrected chi connectivity index (χ4v) is 1.83. The molecule has 1 N–H and O–H groups in total. The lowest BCUT2D eigenvalue weighted by molar-refractivity contribution is 1.14. The van der Waals surface area contributed by atoms with E-state index in [0.29, 0.717) is 5.56 Å². The molecule has 0 fully saturated rings. The molecule has 0 spiro atoms. The van der Waals surface area contributed by atoms with Gasteiger partial charge in [0.25, 0.3) is 0 Å². The number of rotatable bonds is 3. The third-order valence-corrected chi connectivity index (χ3v) is 2.79. The zero-order valence-electron chi connectivity index (χ0n) is 7.97. The first kappa shape index (κ1) is 9.69. The Morgan fingerprint density at radius 2 is 2.40 bits per heavy atom. The monoisotopic (exact) mass is 215 g/mol. The maximum Gasteiger partial charge on any atom is 0.127 e. The number of aromatic nitrogens is 1. The minimum absolute atomic E-state index is 0.624. The van der Waals surface area contributed by atoms with E-state index in [-0.39, 0.29) is 0 Å². The first-order valence-corrected chi connectivity index (χ1v) is 5.39. The summed E-state index contributed by atoms with van der Waals surface area (Å²) in [7, 11) is 0. The molecule has 74 valence electrons. The molecule has 4 heteroatoms. The molecule has 0 saturated heterocycles. The van der Waals surface area contributed by atoms with Gasteiger partial charge in [-0.05, 0) is 23.6 Å². The number of nitrogens with one attached hydrogen (secondary N) is 1. The second kappa shape index (κ2) is 4.58. The van der Waals surface area contributed by atoms with Crippen LogP contribution in [0.3, 0.4) is 0 Å². The van der Waals surface area contributed by atoms with Crippen molar-refractivity contribution in [3.8, 4) is 6.07 Å². The molecule has 0 aromatic carbocycles. The number of hydrogen-bond acceptors (Lipinski definition) is 4. The van der Waals surface area contributed by atoms with E-state index < -0.39 is 0 Å². The number of anilines is 1. The molecule has 2 aromatic rings. The van der Waals surface area contributed by atoms with Gasteiger partial charge in [0.05, 0.1) is 18.2 Å². The summed E-state index contributed by atoms with van der Waals surface area (Å²) in [6.07, 6.45) is 1.63. The maximum absolute atomic E-state index is 8.71. The Hall–Kier alpha value is -1.86. The highest BCUT2D eigenvalue weighted by Gasteiger charge is 1.97. The standard InChI is InChI=1S/C11H9N3S/c12-7-9-3-4-13-11(6-9)14-8-10-2-1-5-15-10/h1-6H,8H2,(H,13,14). The van der Waals surface area contributed by atoms with E-state index in [1.54, 1.807) is 29.7 Å². The Balaban J connectivity index is 2.02. The van der Waals surface area contributed by atoms with Crippen LogP contribution in [0.5, 0.6) is 0 Å². The zero-order valence-corrected chi connectivity index (χ0v) is 8.79. The van der Waals surface area contributed by atoms with Gasteiger partial charge in [-0.15, -0.1) is 11.3 Å². The number of thiophene rings is 1. The van der Waals surface area contributed by atoms with Gasteiger partial charge in [-0.3, -0.25) is 0 Å². The van der Waals surface area contributed by atoms with Gasteiger partial charge >= 0.3 is 0 Å². The smallest absolute Gasteiger partial charge is 0.127 e. The summed E-state index contributed by atoms with van der Waals surface area (Å²) < 4.78 is 0. The molecule has 2 rings (SSSR count). The molecule has 2 aromatic heterocycles. The predicted molar refractivity (Wildman–Crippen MR) is 60.6 cm³/mol. The molecule has 0 atom stereocenters. The van der Waals surface area contributed by atoms with Crippen molar-refractivity contribution < 1.29 is 0 Å². The van der Waals surface area contributed by atoms with Gasteiger partial charge in [-0.25, -0.2) is 4.98 Å². The molecule has 0 aliphatic heterocycles. The van der Waals surface area contributed by atoms with Crippen molar-refractivity contribution in [3.63, 3.8) is 0 Å².